The summed E-state index contributed by atoms with van der Waals surface area (Å²) < 4.78 is 5.26. The molecule has 1 aromatic heterocycles. The first kappa shape index (κ1) is 12.5. The first-order valence-corrected chi connectivity index (χ1v) is 5.18. The lowest BCUT2D eigenvalue weighted by atomic mass is 9.91. The second kappa shape index (κ2) is 4.15. The lowest BCUT2D eigenvalue weighted by Crippen LogP contribution is -2.27. The summed E-state index contributed by atoms with van der Waals surface area (Å²) in [6.45, 7) is 8.01. The van der Waals surface area contributed by atoms with E-state index >= 15 is 0 Å². The van der Waals surface area contributed by atoms with Crippen molar-refractivity contribution in [3.05, 3.63) is 11.3 Å². The minimum atomic E-state index is -0.211. The molecule has 0 bridgehead atoms. The summed E-state index contributed by atoms with van der Waals surface area (Å²) >= 11 is 0. The summed E-state index contributed by atoms with van der Waals surface area (Å²) in [5, 5.41) is 6.56. The predicted octanol–water partition coefficient (Wildman–Crippen LogP) is 2.37. The van der Waals surface area contributed by atoms with E-state index in [1.54, 1.807) is 14.1 Å². The number of urea groups is 1. The van der Waals surface area contributed by atoms with E-state index in [0.717, 1.165) is 11.3 Å². The van der Waals surface area contributed by atoms with Gasteiger partial charge in [-0.2, -0.15) is 0 Å². The normalized spacial score (nSPS) is 11.4. The summed E-state index contributed by atoms with van der Waals surface area (Å²) in [6.07, 6.45) is 0. The quantitative estimate of drug-likeness (QED) is 0.798. The topological polar surface area (TPSA) is 58.4 Å². The summed E-state index contributed by atoms with van der Waals surface area (Å²) in [4.78, 5) is 12.9. The van der Waals surface area contributed by atoms with Crippen LogP contribution in [0.1, 0.15) is 32.1 Å². The number of carbonyl (C=O) groups is 1. The maximum Gasteiger partial charge on any atom is 0.322 e. The molecule has 0 aliphatic rings. The Morgan fingerprint density at radius 1 is 1.38 bits per heavy atom. The Kier molecular flexibility index (Phi) is 3.26. The first-order chi connectivity index (χ1) is 7.23. The molecule has 1 N–H and O–H groups in total. The van der Waals surface area contributed by atoms with Crippen LogP contribution in [0.4, 0.5) is 10.6 Å². The molecule has 0 saturated heterocycles. The van der Waals surface area contributed by atoms with Crippen molar-refractivity contribution >= 4 is 11.8 Å². The van der Waals surface area contributed by atoms with Crippen LogP contribution < -0.4 is 5.32 Å². The summed E-state index contributed by atoms with van der Waals surface area (Å²) in [7, 11) is 3.35. The third-order valence-electron chi connectivity index (χ3n) is 2.24. The highest BCUT2D eigenvalue weighted by Gasteiger charge is 2.25. The molecule has 0 unspecified atom stereocenters. The number of rotatable bonds is 1. The standard InChI is InChI=1S/C11H19N3O2/c1-7-8(11(2,3)4)16-13-9(7)12-10(15)14(5)6/h1-6H3,(H,12,13,15). The van der Waals surface area contributed by atoms with Crippen molar-refractivity contribution in [2.75, 3.05) is 19.4 Å². The monoisotopic (exact) mass is 225 g/mol. The van der Waals surface area contributed by atoms with Gasteiger partial charge in [0.25, 0.3) is 0 Å². The third kappa shape index (κ3) is 2.53. The third-order valence-corrected chi connectivity index (χ3v) is 2.24. The summed E-state index contributed by atoms with van der Waals surface area (Å²) in [5.74, 6) is 1.28. The van der Waals surface area contributed by atoms with Crippen molar-refractivity contribution in [2.24, 2.45) is 0 Å². The molecule has 0 fully saturated rings. The van der Waals surface area contributed by atoms with Crippen molar-refractivity contribution in [2.45, 2.75) is 33.1 Å². The number of aromatic nitrogens is 1. The Balaban J connectivity index is 2.93. The Bertz CT molecular complexity index is 388. The van der Waals surface area contributed by atoms with E-state index in [4.69, 9.17) is 4.52 Å². The molecule has 0 aliphatic heterocycles. The number of carbonyl (C=O) groups excluding carboxylic acids is 1. The van der Waals surface area contributed by atoms with Gasteiger partial charge in [-0.05, 0) is 6.92 Å². The highest BCUT2D eigenvalue weighted by Crippen LogP contribution is 2.29. The Labute approximate surface area is 95.8 Å². The smallest absolute Gasteiger partial charge is 0.322 e. The van der Waals surface area contributed by atoms with Crippen molar-refractivity contribution in [3.8, 4) is 0 Å². The molecule has 0 aromatic carbocycles. The van der Waals surface area contributed by atoms with Crippen LogP contribution >= 0.6 is 0 Å². The zero-order valence-electron chi connectivity index (χ0n) is 10.7. The summed E-state index contributed by atoms with van der Waals surface area (Å²) in [6, 6.07) is -0.211. The highest BCUT2D eigenvalue weighted by atomic mass is 16.5. The predicted molar refractivity (Wildman–Crippen MR) is 62.6 cm³/mol. The van der Waals surface area contributed by atoms with Gasteiger partial charge >= 0.3 is 6.03 Å². The van der Waals surface area contributed by atoms with E-state index in [0.29, 0.717) is 5.82 Å². The largest absolute Gasteiger partial charge is 0.358 e. The fourth-order valence-corrected chi connectivity index (χ4v) is 1.36. The van der Waals surface area contributed by atoms with Crippen LogP contribution in [0.25, 0.3) is 0 Å². The van der Waals surface area contributed by atoms with Crippen molar-refractivity contribution < 1.29 is 9.32 Å². The summed E-state index contributed by atoms with van der Waals surface area (Å²) in [5.41, 5.74) is 0.765. The molecule has 16 heavy (non-hydrogen) atoms. The van der Waals surface area contributed by atoms with Gasteiger partial charge in [0.15, 0.2) is 5.82 Å². The van der Waals surface area contributed by atoms with Crippen LogP contribution in [0.3, 0.4) is 0 Å². The minimum absolute atomic E-state index is 0.113. The fourth-order valence-electron chi connectivity index (χ4n) is 1.36. The lowest BCUT2D eigenvalue weighted by molar-refractivity contribution is 0.230. The van der Waals surface area contributed by atoms with Gasteiger partial charge in [0.2, 0.25) is 0 Å². The highest BCUT2D eigenvalue weighted by molar-refractivity contribution is 5.88. The second-order valence-electron chi connectivity index (χ2n) is 5.06. The zero-order chi connectivity index (χ0) is 12.5. The molecule has 1 heterocycles. The average Bonchev–Trinajstić information content (AvgIpc) is 2.46. The van der Waals surface area contributed by atoms with Gasteiger partial charge in [-0.3, -0.25) is 5.32 Å². The number of anilines is 1. The van der Waals surface area contributed by atoms with Crippen molar-refractivity contribution in [3.63, 3.8) is 0 Å². The SMILES string of the molecule is Cc1c(NC(=O)N(C)C)noc1C(C)(C)C. The van der Waals surface area contributed by atoms with E-state index in [2.05, 4.69) is 10.5 Å². The van der Waals surface area contributed by atoms with E-state index in [9.17, 15) is 4.79 Å². The number of nitrogens with zero attached hydrogens (tertiary/aromatic N) is 2. The minimum Gasteiger partial charge on any atom is -0.358 e. The van der Waals surface area contributed by atoms with E-state index in [-0.39, 0.29) is 11.4 Å². The van der Waals surface area contributed by atoms with Gasteiger partial charge in [0.05, 0.1) is 0 Å². The molecular weight excluding hydrogens is 206 g/mol. The molecule has 90 valence electrons. The van der Waals surface area contributed by atoms with Gasteiger partial charge < -0.3 is 9.42 Å². The Hall–Kier alpha value is -1.52. The van der Waals surface area contributed by atoms with Crippen LogP contribution in [0, 0.1) is 6.92 Å². The molecule has 5 heteroatoms. The van der Waals surface area contributed by atoms with Crippen LogP contribution in [-0.2, 0) is 5.41 Å². The van der Waals surface area contributed by atoms with Crippen LogP contribution in [0.2, 0.25) is 0 Å². The van der Waals surface area contributed by atoms with E-state index < -0.39 is 0 Å². The van der Waals surface area contributed by atoms with Crippen LogP contribution in [-0.4, -0.2) is 30.2 Å². The van der Waals surface area contributed by atoms with Gasteiger partial charge in [-0.1, -0.05) is 25.9 Å². The number of hydrogen-bond donors (Lipinski definition) is 1. The molecule has 1 rings (SSSR count). The molecule has 2 amide bonds. The first-order valence-electron chi connectivity index (χ1n) is 5.18. The lowest BCUT2D eigenvalue weighted by Gasteiger charge is -2.15. The maximum absolute atomic E-state index is 11.5. The van der Waals surface area contributed by atoms with Gasteiger partial charge in [-0.15, -0.1) is 0 Å². The molecular formula is C11H19N3O2. The molecule has 1 aromatic rings. The Morgan fingerprint density at radius 3 is 2.31 bits per heavy atom. The molecule has 0 saturated carbocycles. The van der Waals surface area contributed by atoms with Crippen molar-refractivity contribution in [1.82, 2.24) is 10.1 Å². The van der Waals surface area contributed by atoms with Crippen LogP contribution in [0.15, 0.2) is 4.52 Å². The number of amides is 2. The molecule has 5 nitrogen and oxygen atoms in total. The van der Waals surface area contributed by atoms with Gasteiger partial charge in [0.1, 0.15) is 5.76 Å². The molecule has 0 spiro atoms. The molecule has 0 aliphatic carbocycles. The van der Waals surface area contributed by atoms with Crippen LogP contribution in [0.5, 0.6) is 0 Å². The van der Waals surface area contributed by atoms with Gasteiger partial charge in [0, 0.05) is 25.1 Å². The fraction of sp³-hybridized carbons (Fsp3) is 0.636. The zero-order valence-corrected chi connectivity index (χ0v) is 10.7. The Morgan fingerprint density at radius 2 is 1.94 bits per heavy atom. The van der Waals surface area contributed by atoms with Gasteiger partial charge in [-0.25, -0.2) is 4.79 Å². The van der Waals surface area contributed by atoms with Crippen molar-refractivity contribution in [1.29, 1.82) is 0 Å². The number of nitrogens with one attached hydrogen (secondary N) is 1. The van der Waals surface area contributed by atoms with E-state index in [1.807, 2.05) is 27.7 Å². The number of hydrogen-bond acceptors (Lipinski definition) is 3. The van der Waals surface area contributed by atoms with E-state index in [1.165, 1.54) is 4.90 Å². The maximum atomic E-state index is 11.5. The second-order valence-corrected chi connectivity index (χ2v) is 5.06. The molecule has 0 radical (unpaired) electrons. The molecule has 0 atom stereocenters. The average molecular weight is 225 g/mol.